The minimum absolute atomic E-state index is 0.00614. The van der Waals surface area contributed by atoms with Crippen LogP contribution in [0.1, 0.15) is 19.8 Å². The van der Waals surface area contributed by atoms with Crippen molar-refractivity contribution in [2.75, 3.05) is 41.8 Å². The molecule has 25 heavy (non-hydrogen) atoms. The van der Waals surface area contributed by atoms with Gasteiger partial charge in [0.1, 0.15) is 5.82 Å². The lowest BCUT2D eigenvalue weighted by molar-refractivity contribution is -0.116. The monoisotopic (exact) mass is 340 g/mol. The van der Waals surface area contributed by atoms with Gasteiger partial charge in [0.15, 0.2) is 0 Å². The van der Waals surface area contributed by atoms with Crippen molar-refractivity contribution >= 4 is 28.8 Å². The Morgan fingerprint density at radius 3 is 2.72 bits per heavy atom. The van der Waals surface area contributed by atoms with E-state index in [1.54, 1.807) is 6.20 Å². The summed E-state index contributed by atoms with van der Waals surface area (Å²) < 4.78 is 5.43. The summed E-state index contributed by atoms with van der Waals surface area (Å²) >= 11 is 0. The van der Waals surface area contributed by atoms with E-state index in [1.807, 2.05) is 31.2 Å². The first kappa shape index (κ1) is 17.2. The third-order valence-corrected chi connectivity index (χ3v) is 4.04. The maximum atomic E-state index is 11.6. The summed E-state index contributed by atoms with van der Waals surface area (Å²) in [4.78, 5) is 18.3. The molecule has 0 bridgehead atoms. The fourth-order valence-electron chi connectivity index (χ4n) is 2.79. The number of ether oxygens (including phenoxy) is 1. The molecule has 1 aliphatic rings. The van der Waals surface area contributed by atoms with E-state index in [2.05, 4.69) is 32.7 Å². The van der Waals surface area contributed by atoms with Gasteiger partial charge < -0.3 is 20.3 Å². The van der Waals surface area contributed by atoms with Crippen LogP contribution in [-0.2, 0) is 9.53 Å². The molecular formula is C19H24N4O2. The van der Waals surface area contributed by atoms with Crippen molar-refractivity contribution < 1.29 is 9.53 Å². The van der Waals surface area contributed by atoms with Crippen LogP contribution in [0.4, 0.5) is 22.9 Å². The van der Waals surface area contributed by atoms with Gasteiger partial charge in [0.25, 0.3) is 0 Å². The lowest BCUT2D eigenvalue weighted by Crippen LogP contribution is -2.36. The molecule has 1 fully saturated rings. The van der Waals surface area contributed by atoms with Gasteiger partial charge in [-0.05, 0) is 30.7 Å². The molecule has 132 valence electrons. The fourth-order valence-corrected chi connectivity index (χ4v) is 2.79. The molecule has 2 N–H and O–H groups in total. The molecule has 3 rings (SSSR count). The average Bonchev–Trinajstić information content (AvgIpc) is 2.65. The Bertz CT molecular complexity index is 697. The van der Waals surface area contributed by atoms with E-state index in [9.17, 15) is 4.79 Å². The maximum Gasteiger partial charge on any atom is 0.225 e. The summed E-state index contributed by atoms with van der Waals surface area (Å²) in [5.41, 5.74) is 3.08. The van der Waals surface area contributed by atoms with Crippen molar-refractivity contribution in [2.24, 2.45) is 0 Å². The van der Waals surface area contributed by atoms with E-state index in [-0.39, 0.29) is 5.91 Å². The summed E-state index contributed by atoms with van der Waals surface area (Å²) in [6, 6.07) is 12.0. The van der Waals surface area contributed by atoms with E-state index in [1.165, 1.54) is 0 Å². The standard InChI is InChI=1S/C19H24N4O2/c1-2-5-19(24)22-18-9-8-15(14-20-18)21-16-6-3-4-7-17(16)23-10-12-25-13-11-23/h3-4,6-9,14,21H,2,5,10-13H2,1H3,(H,20,22,24). The van der Waals surface area contributed by atoms with Gasteiger partial charge in [0, 0.05) is 19.5 Å². The molecule has 6 heteroatoms. The molecule has 0 saturated carbocycles. The van der Waals surface area contributed by atoms with Crippen molar-refractivity contribution in [3.63, 3.8) is 0 Å². The Morgan fingerprint density at radius 2 is 2.00 bits per heavy atom. The van der Waals surface area contributed by atoms with E-state index in [4.69, 9.17) is 4.74 Å². The average molecular weight is 340 g/mol. The first-order chi connectivity index (χ1) is 12.3. The molecule has 0 aliphatic carbocycles. The number of pyridine rings is 1. The zero-order chi connectivity index (χ0) is 17.5. The summed E-state index contributed by atoms with van der Waals surface area (Å²) in [6.45, 7) is 5.26. The highest BCUT2D eigenvalue weighted by Crippen LogP contribution is 2.29. The highest BCUT2D eigenvalue weighted by Gasteiger charge is 2.14. The largest absolute Gasteiger partial charge is 0.378 e. The van der Waals surface area contributed by atoms with Crippen molar-refractivity contribution in [2.45, 2.75) is 19.8 Å². The minimum atomic E-state index is -0.00614. The molecule has 1 aliphatic heterocycles. The number of carbonyl (C=O) groups excluding carboxylic acids is 1. The molecule has 1 amide bonds. The summed E-state index contributed by atoms with van der Waals surface area (Å²) in [6.07, 6.45) is 3.07. The number of rotatable bonds is 6. The first-order valence-corrected chi connectivity index (χ1v) is 8.71. The van der Waals surface area contributed by atoms with Gasteiger partial charge in [-0.1, -0.05) is 19.1 Å². The Balaban J connectivity index is 1.69. The summed E-state index contributed by atoms with van der Waals surface area (Å²) in [7, 11) is 0. The van der Waals surface area contributed by atoms with Gasteiger partial charge in [0.05, 0.1) is 36.5 Å². The van der Waals surface area contributed by atoms with E-state index < -0.39 is 0 Å². The van der Waals surface area contributed by atoms with Crippen LogP contribution in [0.25, 0.3) is 0 Å². The zero-order valence-electron chi connectivity index (χ0n) is 14.5. The van der Waals surface area contributed by atoms with Crippen molar-refractivity contribution in [1.29, 1.82) is 0 Å². The topological polar surface area (TPSA) is 66.5 Å². The molecule has 0 atom stereocenters. The molecule has 2 aromatic rings. The first-order valence-electron chi connectivity index (χ1n) is 8.71. The second-order valence-electron chi connectivity index (χ2n) is 5.97. The molecule has 0 radical (unpaired) electrons. The highest BCUT2D eigenvalue weighted by atomic mass is 16.5. The second-order valence-corrected chi connectivity index (χ2v) is 5.97. The molecule has 1 aromatic heterocycles. The number of morpholine rings is 1. The van der Waals surface area contributed by atoms with Crippen LogP contribution in [-0.4, -0.2) is 37.2 Å². The number of nitrogens with one attached hydrogen (secondary N) is 2. The van der Waals surface area contributed by atoms with Crippen LogP contribution >= 0.6 is 0 Å². The van der Waals surface area contributed by atoms with Gasteiger partial charge in [0.2, 0.25) is 5.91 Å². The third-order valence-electron chi connectivity index (χ3n) is 4.04. The molecular weight excluding hydrogens is 316 g/mol. The second kappa shape index (κ2) is 8.48. The van der Waals surface area contributed by atoms with E-state index in [0.717, 1.165) is 49.8 Å². The molecule has 1 saturated heterocycles. The Kier molecular flexibility index (Phi) is 5.85. The van der Waals surface area contributed by atoms with Crippen LogP contribution in [0, 0.1) is 0 Å². The smallest absolute Gasteiger partial charge is 0.225 e. The molecule has 1 aromatic carbocycles. The van der Waals surface area contributed by atoms with Crippen molar-refractivity contribution in [3.8, 4) is 0 Å². The third kappa shape index (κ3) is 4.70. The Morgan fingerprint density at radius 1 is 1.20 bits per heavy atom. The lowest BCUT2D eigenvalue weighted by atomic mass is 10.2. The Hall–Kier alpha value is -2.60. The van der Waals surface area contributed by atoms with Gasteiger partial charge in [-0.15, -0.1) is 0 Å². The van der Waals surface area contributed by atoms with Crippen LogP contribution in [0.5, 0.6) is 0 Å². The number of anilines is 4. The van der Waals surface area contributed by atoms with Gasteiger partial charge in [-0.2, -0.15) is 0 Å². The van der Waals surface area contributed by atoms with Gasteiger partial charge in [-0.3, -0.25) is 4.79 Å². The van der Waals surface area contributed by atoms with E-state index in [0.29, 0.717) is 12.2 Å². The quantitative estimate of drug-likeness (QED) is 0.844. The van der Waals surface area contributed by atoms with Crippen LogP contribution < -0.4 is 15.5 Å². The fraction of sp³-hybridized carbons (Fsp3) is 0.368. The number of hydrogen-bond donors (Lipinski definition) is 2. The maximum absolute atomic E-state index is 11.6. The molecule has 0 spiro atoms. The minimum Gasteiger partial charge on any atom is -0.378 e. The predicted octanol–water partition coefficient (Wildman–Crippen LogP) is 3.40. The van der Waals surface area contributed by atoms with Crippen molar-refractivity contribution in [3.05, 3.63) is 42.6 Å². The van der Waals surface area contributed by atoms with Crippen LogP contribution in [0.3, 0.4) is 0 Å². The van der Waals surface area contributed by atoms with Gasteiger partial charge in [-0.25, -0.2) is 4.98 Å². The van der Waals surface area contributed by atoms with Gasteiger partial charge >= 0.3 is 0 Å². The lowest BCUT2D eigenvalue weighted by Gasteiger charge is -2.30. The summed E-state index contributed by atoms with van der Waals surface area (Å²) in [5.74, 6) is 0.568. The highest BCUT2D eigenvalue weighted by molar-refractivity contribution is 5.89. The normalized spacial score (nSPS) is 14.2. The number of aromatic nitrogens is 1. The molecule has 6 nitrogen and oxygen atoms in total. The number of benzene rings is 1. The van der Waals surface area contributed by atoms with Crippen LogP contribution in [0.15, 0.2) is 42.6 Å². The van der Waals surface area contributed by atoms with E-state index >= 15 is 0 Å². The van der Waals surface area contributed by atoms with Crippen molar-refractivity contribution in [1.82, 2.24) is 4.98 Å². The molecule has 0 unspecified atom stereocenters. The number of amides is 1. The zero-order valence-corrected chi connectivity index (χ0v) is 14.5. The number of para-hydroxylation sites is 2. The van der Waals surface area contributed by atoms with Crippen LogP contribution in [0.2, 0.25) is 0 Å². The SMILES string of the molecule is CCCC(=O)Nc1ccc(Nc2ccccc2N2CCOCC2)cn1. The number of hydrogen-bond acceptors (Lipinski definition) is 5. The predicted molar refractivity (Wildman–Crippen MR) is 101 cm³/mol. The summed E-state index contributed by atoms with van der Waals surface area (Å²) in [5, 5.41) is 6.21. The Labute approximate surface area is 148 Å². The molecule has 2 heterocycles. The number of nitrogens with zero attached hydrogens (tertiary/aromatic N) is 2. The number of carbonyl (C=O) groups is 1.